The molecular formula is C18H15BrN2O2. The average molecular weight is 371 g/mol. The predicted octanol–water partition coefficient (Wildman–Crippen LogP) is 4.40. The van der Waals surface area contributed by atoms with Crippen LogP contribution in [0.15, 0.2) is 65.3 Å². The van der Waals surface area contributed by atoms with Crippen LogP contribution in [0.1, 0.15) is 6.92 Å². The lowest BCUT2D eigenvalue weighted by molar-refractivity contribution is -0.122. The van der Waals surface area contributed by atoms with Crippen LogP contribution in [0.5, 0.6) is 5.75 Å². The molecule has 1 N–H and O–H groups in total. The number of pyridine rings is 1. The standard InChI is InChI=1S/C18H15BrN2O2/c1-12(18(22)21-15-9-7-14(19)8-10-15)23-16-6-2-4-13-5-3-11-20-17(13)16/h2-12H,1H3,(H,21,22)/t12-/m0/s1. The highest BCUT2D eigenvalue weighted by Crippen LogP contribution is 2.24. The van der Waals surface area contributed by atoms with Gasteiger partial charge in [0, 0.05) is 21.7 Å². The van der Waals surface area contributed by atoms with Gasteiger partial charge >= 0.3 is 0 Å². The fourth-order valence-electron chi connectivity index (χ4n) is 2.19. The van der Waals surface area contributed by atoms with Gasteiger partial charge in [0.1, 0.15) is 11.3 Å². The van der Waals surface area contributed by atoms with Crippen molar-refractivity contribution in [3.05, 3.63) is 65.3 Å². The van der Waals surface area contributed by atoms with Gasteiger partial charge in [0.05, 0.1) is 0 Å². The van der Waals surface area contributed by atoms with Crippen LogP contribution in [0.4, 0.5) is 5.69 Å². The zero-order valence-corrected chi connectivity index (χ0v) is 14.1. The van der Waals surface area contributed by atoms with Crippen molar-refractivity contribution in [3.63, 3.8) is 0 Å². The molecule has 3 aromatic rings. The molecule has 0 saturated heterocycles. The van der Waals surface area contributed by atoms with Crippen LogP contribution in [-0.2, 0) is 4.79 Å². The SMILES string of the molecule is C[C@H](Oc1cccc2cccnc12)C(=O)Nc1ccc(Br)cc1. The topological polar surface area (TPSA) is 51.2 Å². The summed E-state index contributed by atoms with van der Waals surface area (Å²) in [6, 6.07) is 16.9. The Labute approximate surface area is 142 Å². The van der Waals surface area contributed by atoms with Crippen LogP contribution >= 0.6 is 15.9 Å². The van der Waals surface area contributed by atoms with Crippen LogP contribution in [0.25, 0.3) is 10.9 Å². The Morgan fingerprint density at radius 2 is 1.87 bits per heavy atom. The number of halogens is 1. The van der Waals surface area contributed by atoms with Gasteiger partial charge in [-0.25, -0.2) is 0 Å². The molecule has 0 aliphatic rings. The Morgan fingerprint density at radius 3 is 2.65 bits per heavy atom. The summed E-state index contributed by atoms with van der Waals surface area (Å²) in [4.78, 5) is 16.6. The maximum Gasteiger partial charge on any atom is 0.265 e. The van der Waals surface area contributed by atoms with Crippen molar-refractivity contribution >= 4 is 38.4 Å². The van der Waals surface area contributed by atoms with Crippen molar-refractivity contribution < 1.29 is 9.53 Å². The van der Waals surface area contributed by atoms with Crippen LogP contribution in [0.3, 0.4) is 0 Å². The number of rotatable bonds is 4. The number of anilines is 1. The lowest BCUT2D eigenvalue weighted by atomic mass is 10.2. The molecule has 23 heavy (non-hydrogen) atoms. The highest BCUT2D eigenvalue weighted by molar-refractivity contribution is 9.10. The van der Waals surface area contributed by atoms with E-state index in [4.69, 9.17) is 4.74 Å². The molecule has 0 spiro atoms. The predicted molar refractivity (Wildman–Crippen MR) is 94.6 cm³/mol. The van der Waals surface area contributed by atoms with Crippen LogP contribution in [-0.4, -0.2) is 17.0 Å². The van der Waals surface area contributed by atoms with E-state index >= 15 is 0 Å². The third kappa shape index (κ3) is 3.68. The van der Waals surface area contributed by atoms with E-state index in [1.54, 1.807) is 13.1 Å². The summed E-state index contributed by atoms with van der Waals surface area (Å²) >= 11 is 3.36. The number of hydrogen-bond donors (Lipinski definition) is 1. The van der Waals surface area contributed by atoms with E-state index in [-0.39, 0.29) is 5.91 Å². The summed E-state index contributed by atoms with van der Waals surface area (Å²) in [5.74, 6) is 0.391. The highest BCUT2D eigenvalue weighted by Gasteiger charge is 2.16. The van der Waals surface area contributed by atoms with Crippen molar-refractivity contribution in [2.45, 2.75) is 13.0 Å². The summed E-state index contributed by atoms with van der Waals surface area (Å²) in [6.45, 7) is 1.72. The molecule has 0 aliphatic heterocycles. The van der Waals surface area contributed by atoms with E-state index in [1.807, 2.05) is 54.6 Å². The summed E-state index contributed by atoms with van der Waals surface area (Å²) < 4.78 is 6.76. The second kappa shape index (κ2) is 6.79. The molecular weight excluding hydrogens is 356 g/mol. The zero-order valence-electron chi connectivity index (χ0n) is 12.5. The van der Waals surface area contributed by atoms with Gasteiger partial charge in [-0.15, -0.1) is 0 Å². The molecule has 0 fully saturated rings. The first-order valence-corrected chi connectivity index (χ1v) is 7.99. The normalized spacial score (nSPS) is 11.9. The monoisotopic (exact) mass is 370 g/mol. The lowest BCUT2D eigenvalue weighted by Crippen LogP contribution is -2.30. The first-order chi connectivity index (χ1) is 11.1. The molecule has 2 aromatic carbocycles. The van der Waals surface area contributed by atoms with E-state index in [0.717, 1.165) is 21.1 Å². The maximum absolute atomic E-state index is 12.3. The molecule has 1 amide bonds. The second-order valence-electron chi connectivity index (χ2n) is 5.09. The number of benzene rings is 2. The number of carbonyl (C=O) groups is 1. The minimum Gasteiger partial charge on any atom is -0.479 e. The Kier molecular flexibility index (Phi) is 4.57. The van der Waals surface area contributed by atoms with Crippen LogP contribution in [0.2, 0.25) is 0 Å². The molecule has 3 rings (SSSR count). The molecule has 1 aromatic heterocycles. The Morgan fingerprint density at radius 1 is 1.13 bits per heavy atom. The van der Waals surface area contributed by atoms with Gasteiger partial charge in [-0.3, -0.25) is 9.78 Å². The quantitative estimate of drug-likeness (QED) is 0.740. The Hall–Kier alpha value is -2.40. The molecule has 4 nitrogen and oxygen atoms in total. The largest absolute Gasteiger partial charge is 0.479 e. The number of amides is 1. The van der Waals surface area contributed by atoms with Crippen LogP contribution < -0.4 is 10.1 Å². The molecule has 0 aliphatic carbocycles. The van der Waals surface area contributed by atoms with Gasteiger partial charge in [-0.1, -0.05) is 34.1 Å². The van der Waals surface area contributed by atoms with Gasteiger partial charge in [-0.2, -0.15) is 0 Å². The van der Waals surface area contributed by atoms with Gasteiger partial charge in [-0.05, 0) is 43.3 Å². The number of para-hydroxylation sites is 1. The molecule has 0 bridgehead atoms. The Balaban J connectivity index is 1.73. The van der Waals surface area contributed by atoms with E-state index in [9.17, 15) is 4.79 Å². The summed E-state index contributed by atoms with van der Waals surface area (Å²) in [7, 11) is 0. The highest BCUT2D eigenvalue weighted by atomic mass is 79.9. The molecule has 1 atom stereocenters. The number of aromatic nitrogens is 1. The summed E-state index contributed by atoms with van der Waals surface area (Å²) in [5.41, 5.74) is 1.47. The van der Waals surface area contributed by atoms with E-state index in [2.05, 4.69) is 26.2 Å². The molecule has 0 unspecified atom stereocenters. The molecule has 116 valence electrons. The number of ether oxygens (including phenoxy) is 1. The first-order valence-electron chi connectivity index (χ1n) is 7.20. The summed E-state index contributed by atoms with van der Waals surface area (Å²) in [5, 5.41) is 3.81. The smallest absolute Gasteiger partial charge is 0.265 e. The number of nitrogens with one attached hydrogen (secondary N) is 1. The van der Waals surface area contributed by atoms with Crippen molar-refractivity contribution in [1.29, 1.82) is 0 Å². The van der Waals surface area contributed by atoms with E-state index in [0.29, 0.717) is 5.75 Å². The van der Waals surface area contributed by atoms with Crippen molar-refractivity contribution in [2.24, 2.45) is 0 Å². The molecule has 5 heteroatoms. The minimum absolute atomic E-state index is 0.208. The van der Waals surface area contributed by atoms with Gasteiger partial charge < -0.3 is 10.1 Å². The maximum atomic E-state index is 12.3. The number of carbonyl (C=O) groups excluding carboxylic acids is 1. The lowest BCUT2D eigenvalue weighted by Gasteiger charge is -2.15. The van der Waals surface area contributed by atoms with Gasteiger partial charge in [0.2, 0.25) is 0 Å². The van der Waals surface area contributed by atoms with Crippen molar-refractivity contribution in [2.75, 3.05) is 5.32 Å². The molecule has 1 heterocycles. The third-order valence-electron chi connectivity index (χ3n) is 3.38. The van der Waals surface area contributed by atoms with Crippen LogP contribution in [0, 0.1) is 0 Å². The molecule has 0 saturated carbocycles. The van der Waals surface area contributed by atoms with Crippen molar-refractivity contribution in [3.8, 4) is 5.75 Å². The summed E-state index contributed by atoms with van der Waals surface area (Å²) in [6.07, 6.45) is 1.08. The van der Waals surface area contributed by atoms with Gasteiger partial charge in [0.15, 0.2) is 6.10 Å². The number of hydrogen-bond acceptors (Lipinski definition) is 3. The third-order valence-corrected chi connectivity index (χ3v) is 3.91. The molecule has 0 radical (unpaired) electrons. The first kappa shape index (κ1) is 15.5. The average Bonchev–Trinajstić information content (AvgIpc) is 2.57. The fraction of sp³-hybridized carbons (Fsp3) is 0.111. The van der Waals surface area contributed by atoms with E-state index in [1.165, 1.54) is 0 Å². The number of nitrogens with zero attached hydrogens (tertiary/aromatic N) is 1. The minimum atomic E-state index is -0.633. The fourth-order valence-corrected chi connectivity index (χ4v) is 2.46. The Bertz CT molecular complexity index is 829. The van der Waals surface area contributed by atoms with Crippen molar-refractivity contribution in [1.82, 2.24) is 4.98 Å². The second-order valence-corrected chi connectivity index (χ2v) is 6.00. The number of fused-ring (bicyclic) bond motifs is 1. The van der Waals surface area contributed by atoms with Gasteiger partial charge in [0.25, 0.3) is 5.91 Å². The van der Waals surface area contributed by atoms with E-state index < -0.39 is 6.10 Å². The zero-order chi connectivity index (χ0) is 16.2.